The Labute approximate surface area is 114 Å². The van der Waals surface area contributed by atoms with Crippen LogP contribution in [0.15, 0.2) is 35.1 Å². The highest BCUT2D eigenvalue weighted by Crippen LogP contribution is 2.27. The Kier molecular flexibility index (Phi) is 4.14. The molecular weight excluding hydrogens is 297 g/mol. The van der Waals surface area contributed by atoms with Gasteiger partial charge in [-0.2, -0.15) is 5.10 Å². The van der Waals surface area contributed by atoms with Gasteiger partial charge in [0.1, 0.15) is 5.82 Å². The molecule has 5 heteroatoms. The minimum Gasteiger partial charge on any atom is -0.324 e. The standard InChI is InChI=1S/C13H15BrFN3/c1-18-8-9(7-17-18)5-6-12(16)13-10(14)3-2-4-11(13)15/h2-4,7-8,12H,5-6,16H2,1H3. The van der Waals surface area contributed by atoms with E-state index in [4.69, 9.17) is 5.73 Å². The molecule has 0 bridgehead atoms. The molecule has 1 unspecified atom stereocenters. The third-order valence-corrected chi connectivity index (χ3v) is 3.56. The average molecular weight is 312 g/mol. The van der Waals surface area contributed by atoms with Gasteiger partial charge >= 0.3 is 0 Å². The van der Waals surface area contributed by atoms with E-state index in [0.29, 0.717) is 12.0 Å². The maximum Gasteiger partial charge on any atom is 0.129 e. The number of halogens is 2. The van der Waals surface area contributed by atoms with Crippen molar-refractivity contribution in [3.63, 3.8) is 0 Å². The summed E-state index contributed by atoms with van der Waals surface area (Å²) in [6.07, 6.45) is 5.23. The summed E-state index contributed by atoms with van der Waals surface area (Å²) >= 11 is 3.34. The molecule has 0 aliphatic heterocycles. The van der Waals surface area contributed by atoms with Gasteiger partial charge in [0.15, 0.2) is 0 Å². The van der Waals surface area contributed by atoms with Crippen molar-refractivity contribution in [1.82, 2.24) is 9.78 Å². The van der Waals surface area contributed by atoms with Crippen molar-refractivity contribution < 1.29 is 4.39 Å². The predicted octanol–water partition coefficient (Wildman–Crippen LogP) is 2.95. The number of aryl methyl sites for hydroxylation is 2. The van der Waals surface area contributed by atoms with Crippen LogP contribution in [0.2, 0.25) is 0 Å². The smallest absolute Gasteiger partial charge is 0.129 e. The van der Waals surface area contributed by atoms with Crippen molar-refractivity contribution in [1.29, 1.82) is 0 Å². The number of hydrogen-bond donors (Lipinski definition) is 1. The Balaban J connectivity index is 2.06. The summed E-state index contributed by atoms with van der Waals surface area (Å²) < 4.78 is 16.2. The van der Waals surface area contributed by atoms with Crippen LogP contribution in [0.25, 0.3) is 0 Å². The van der Waals surface area contributed by atoms with E-state index in [1.165, 1.54) is 6.07 Å². The molecule has 2 rings (SSSR count). The van der Waals surface area contributed by atoms with Crippen LogP contribution in [-0.2, 0) is 13.5 Å². The largest absolute Gasteiger partial charge is 0.324 e. The Morgan fingerprint density at radius 3 is 2.89 bits per heavy atom. The minimum atomic E-state index is -0.319. The van der Waals surface area contributed by atoms with E-state index in [0.717, 1.165) is 16.5 Å². The monoisotopic (exact) mass is 311 g/mol. The lowest BCUT2D eigenvalue weighted by Gasteiger charge is -2.14. The number of hydrogen-bond acceptors (Lipinski definition) is 2. The molecule has 0 aliphatic carbocycles. The van der Waals surface area contributed by atoms with Crippen molar-refractivity contribution in [2.24, 2.45) is 12.8 Å². The van der Waals surface area contributed by atoms with Crippen LogP contribution >= 0.6 is 15.9 Å². The SMILES string of the molecule is Cn1cc(CCC(N)c2c(F)cccc2Br)cn1. The number of aromatic nitrogens is 2. The molecule has 18 heavy (non-hydrogen) atoms. The first-order valence-electron chi connectivity index (χ1n) is 5.75. The molecule has 0 aliphatic rings. The van der Waals surface area contributed by atoms with Crippen molar-refractivity contribution >= 4 is 15.9 Å². The third kappa shape index (κ3) is 2.97. The average Bonchev–Trinajstić information content (AvgIpc) is 2.72. The van der Waals surface area contributed by atoms with Crippen LogP contribution in [0.4, 0.5) is 4.39 Å². The van der Waals surface area contributed by atoms with E-state index >= 15 is 0 Å². The minimum absolute atomic E-state index is 0.261. The highest BCUT2D eigenvalue weighted by atomic mass is 79.9. The Bertz CT molecular complexity index is 519. The maximum atomic E-state index is 13.7. The molecule has 96 valence electrons. The van der Waals surface area contributed by atoms with E-state index in [-0.39, 0.29) is 11.9 Å². The number of nitrogens with zero attached hydrogens (tertiary/aromatic N) is 2. The van der Waals surface area contributed by atoms with E-state index < -0.39 is 0 Å². The molecular formula is C13H15BrFN3. The molecule has 1 aromatic carbocycles. The normalized spacial score (nSPS) is 12.7. The van der Waals surface area contributed by atoms with E-state index in [2.05, 4.69) is 21.0 Å². The molecule has 0 spiro atoms. The van der Waals surface area contributed by atoms with Gasteiger partial charge in [-0.15, -0.1) is 0 Å². The Hall–Kier alpha value is -1.20. The molecule has 1 heterocycles. The lowest BCUT2D eigenvalue weighted by atomic mass is 10.0. The van der Waals surface area contributed by atoms with E-state index in [1.807, 2.05) is 25.5 Å². The second kappa shape index (κ2) is 5.63. The second-order valence-corrected chi connectivity index (χ2v) is 5.16. The van der Waals surface area contributed by atoms with Gasteiger partial charge in [0.2, 0.25) is 0 Å². The van der Waals surface area contributed by atoms with Gasteiger partial charge < -0.3 is 5.73 Å². The highest BCUT2D eigenvalue weighted by Gasteiger charge is 2.15. The van der Waals surface area contributed by atoms with E-state index in [1.54, 1.807) is 10.7 Å². The van der Waals surface area contributed by atoms with Gasteiger partial charge in [-0.25, -0.2) is 4.39 Å². The molecule has 0 saturated carbocycles. The van der Waals surface area contributed by atoms with Gasteiger partial charge in [0.05, 0.1) is 6.20 Å². The van der Waals surface area contributed by atoms with Crippen molar-refractivity contribution in [3.8, 4) is 0 Å². The number of nitrogens with two attached hydrogens (primary N) is 1. The molecule has 0 amide bonds. The summed E-state index contributed by atoms with van der Waals surface area (Å²) in [6.45, 7) is 0. The fourth-order valence-electron chi connectivity index (χ4n) is 1.93. The summed E-state index contributed by atoms with van der Waals surface area (Å²) in [4.78, 5) is 0. The number of benzene rings is 1. The quantitative estimate of drug-likeness (QED) is 0.943. The molecule has 2 N–H and O–H groups in total. The zero-order chi connectivity index (χ0) is 13.1. The summed E-state index contributed by atoms with van der Waals surface area (Å²) in [5, 5.41) is 4.09. The van der Waals surface area contributed by atoms with Crippen LogP contribution in [0.1, 0.15) is 23.6 Å². The van der Waals surface area contributed by atoms with Gasteiger partial charge in [0, 0.05) is 29.3 Å². The first kappa shape index (κ1) is 13.2. The number of rotatable bonds is 4. The molecule has 1 aromatic heterocycles. The van der Waals surface area contributed by atoms with Crippen molar-refractivity contribution in [2.45, 2.75) is 18.9 Å². The van der Waals surface area contributed by atoms with Gasteiger partial charge in [-0.3, -0.25) is 4.68 Å². The fraction of sp³-hybridized carbons (Fsp3) is 0.308. The highest BCUT2D eigenvalue weighted by molar-refractivity contribution is 9.10. The topological polar surface area (TPSA) is 43.8 Å². The van der Waals surface area contributed by atoms with E-state index in [9.17, 15) is 4.39 Å². The maximum absolute atomic E-state index is 13.7. The van der Waals surface area contributed by atoms with Crippen molar-refractivity contribution in [2.75, 3.05) is 0 Å². The fourth-order valence-corrected chi connectivity index (χ4v) is 2.57. The Morgan fingerprint density at radius 1 is 1.50 bits per heavy atom. The van der Waals surface area contributed by atoms with Crippen molar-refractivity contribution in [3.05, 3.63) is 52.0 Å². The lowest BCUT2D eigenvalue weighted by Crippen LogP contribution is -2.13. The Morgan fingerprint density at radius 2 is 2.28 bits per heavy atom. The van der Waals surface area contributed by atoms with Gasteiger partial charge in [0.25, 0.3) is 0 Å². The summed E-state index contributed by atoms with van der Waals surface area (Å²) in [6, 6.07) is 4.59. The lowest BCUT2D eigenvalue weighted by molar-refractivity contribution is 0.561. The van der Waals surface area contributed by atoms with Crippen LogP contribution in [0.3, 0.4) is 0 Å². The van der Waals surface area contributed by atoms with Crippen LogP contribution in [-0.4, -0.2) is 9.78 Å². The summed E-state index contributed by atoms with van der Waals surface area (Å²) in [5.74, 6) is -0.261. The van der Waals surface area contributed by atoms with Gasteiger partial charge in [-0.1, -0.05) is 22.0 Å². The zero-order valence-corrected chi connectivity index (χ0v) is 11.7. The summed E-state index contributed by atoms with van der Waals surface area (Å²) in [7, 11) is 1.87. The first-order valence-corrected chi connectivity index (χ1v) is 6.54. The molecule has 0 radical (unpaired) electrons. The molecule has 1 atom stereocenters. The van der Waals surface area contributed by atoms with Crippen LogP contribution in [0, 0.1) is 5.82 Å². The molecule has 2 aromatic rings. The van der Waals surface area contributed by atoms with Crippen LogP contribution < -0.4 is 5.73 Å². The molecule has 3 nitrogen and oxygen atoms in total. The van der Waals surface area contributed by atoms with Crippen LogP contribution in [0.5, 0.6) is 0 Å². The third-order valence-electron chi connectivity index (χ3n) is 2.87. The predicted molar refractivity (Wildman–Crippen MR) is 72.6 cm³/mol. The molecule has 0 saturated heterocycles. The second-order valence-electron chi connectivity index (χ2n) is 4.30. The van der Waals surface area contributed by atoms with Gasteiger partial charge in [-0.05, 0) is 30.5 Å². The summed E-state index contributed by atoms with van der Waals surface area (Å²) in [5.41, 5.74) is 7.71. The molecule has 0 fully saturated rings. The zero-order valence-electron chi connectivity index (χ0n) is 10.1. The first-order chi connectivity index (χ1) is 8.58.